The second kappa shape index (κ2) is 7.51. The first-order valence-corrected chi connectivity index (χ1v) is 11.1. The first-order valence-electron chi connectivity index (χ1n) is 11.1. The number of rotatable bonds is 3. The molecule has 1 aromatic carbocycles. The van der Waals surface area contributed by atoms with Gasteiger partial charge in [0.2, 0.25) is 0 Å². The Hall–Kier alpha value is -1.88. The van der Waals surface area contributed by atoms with E-state index in [0.717, 1.165) is 42.7 Å². The Morgan fingerprint density at radius 2 is 1.82 bits per heavy atom. The zero-order chi connectivity index (χ0) is 19.1. The number of nitrogens with zero attached hydrogens (tertiary/aromatic N) is 2. The minimum atomic E-state index is 0.00159. The molecule has 1 aliphatic carbocycles. The van der Waals surface area contributed by atoms with Crippen molar-refractivity contribution in [3.8, 4) is 0 Å². The monoisotopic (exact) mass is 381 g/mol. The van der Waals surface area contributed by atoms with Crippen LogP contribution in [0.15, 0.2) is 22.6 Å². The zero-order valence-electron chi connectivity index (χ0n) is 16.8. The fourth-order valence-electron chi connectivity index (χ4n) is 5.67. The van der Waals surface area contributed by atoms with Crippen LogP contribution in [0.5, 0.6) is 0 Å². The summed E-state index contributed by atoms with van der Waals surface area (Å²) in [5.41, 5.74) is 2.13. The number of amides is 1. The van der Waals surface area contributed by atoms with Crippen molar-refractivity contribution in [2.45, 2.75) is 88.3 Å². The highest BCUT2D eigenvalue weighted by molar-refractivity contribution is 6.04. The Balaban J connectivity index is 1.35. The topological polar surface area (TPSA) is 58.4 Å². The zero-order valence-corrected chi connectivity index (χ0v) is 16.8. The summed E-state index contributed by atoms with van der Waals surface area (Å²) in [7, 11) is 2.25. The number of nitrogens with one attached hydrogen (secondary N) is 1. The Kier molecular flexibility index (Phi) is 4.87. The van der Waals surface area contributed by atoms with Crippen LogP contribution >= 0.6 is 0 Å². The molecule has 5 rings (SSSR count). The molecule has 2 bridgehead atoms. The van der Waals surface area contributed by atoms with Gasteiger partial charge in [-0.2, -0.15) is 0 Å². The maximum Gasteiger partial charge on any atom is 0.253 e. The van der Waals surface area contributed by atoms with Crippen LogP contribution in [-0.4, -0.2) is 41.0 Å². The molecule has 0 spiro atoms. The molecule has 3 heterocycles. The van der Waals surface area contributed by atoms with Gasteiger partial charge in [-0.3, -0.25) is 4.79 Å². The first kappa shape index (κ1) is 18.2. The highest BCUT2D eigenvalue weighted by Crippen LogP contribution is 2.35. The smallest absolute Gasteiger partial charge is 0.253 e. The van der Waals surface area contributed by atoms with Crippen molar-refractivity contribution in [1.29, 1.82) is 0 Å². The quantitative estimate of drug-likeness (QED) is 0.843. The molecular weight excluding hydrogens is 350 g/mol. The number of benzene rings is 1. The summed E-state index contributed by atoms with van der Waals surface area (Å²) in [6, 6.07) is 7.22. The number of hydrogen-bond donors (Lipinski definition) is 1. The lowest BCUT2D eigenvalue weighted by Crippen LogP contribution is -2.55. The van der Waals surface area contributed by atoms with Crippen LogP contribution in [0.1, 0.15) is 86.4 Å². The molecule has 1 N–H and O–H groups in total. The molecule has 3 fully saturated rings. The number of carbonyl (C=O) groups is 1. The molecule has 3 aliphatic rings. The van der Waals surface area contributed by atoms with Gasteiger partial charge in [0.25, 0.3) is 5.91 Å². The highest BCUT2D eigenvalue weighted by Gasteiger charge is 2.36. The maximum absolute atomic E-state index is 13.1. The van der Waals surface area contributed by atoms with E-state index in [2.05, 4.69) is 17.3 Å². The van der Waals surface area contributed by atoms with Crippen molar-refractivity contribution in [3.05, 3.63) is 29.7 Å². The molecule has 5 heteroatoms. The SMILES string of the molecule is CN1C2CCCC1CC(NC(=O)c1cccc3oc(C4CCCCC4)nc13)C2. The molecule has 28 heavy (non-hydrogen) atoms. The maximum atomic E-state index is 13.1. The summed E-state index contributed by atoms with van der Waals surface area (Å²) in [5, 5.41) is 3.32. The van der Waals surface area contributed by atoms with Gasteiger partial charge in [-0.05, 0) is 57.7 Å². The minimum absolute atomic E-state index is 0.00159. The number of oxazole rings is 1. The summed E-state index contributed by atoms with van der Waals surface area (Å²) in [6.07, 6.45) is 12.0. The molecule has 1 aromatic heterocycles. The highest BCUT2D eigenvalue weighted by atomic mass is 16.3. The van der Waals surface area contributed by atoms with E-state index in [0.29, 0.717) is 23.6 Å². The third kappa shape index (κ3) is 3.34. The van der Waals surface area contributed by atoms with E-state index < -0.39 is 0 Å². The number of para-hydroxylation sites is 1. The van der Waals surface area contributed by atoms with E-state index in [4.69, 9.17) is 9.40 Å². The van der Waals surface area contributed by atoms with Crippen molar-refractivity contribution in [2.75, 3.05) is 7.05 Å². The second-order valence-electron chi connectivity index (χ2n) is 9.09. The predicted molar refractivity (Wildman–Crippen MR) is 110 cm³/mol. The number of hydrogen-bond acceptors (Lipinski definition) is 4. The van der Waals surface area contributed by atoms with Crippen LogP contribution in [0, 0.1) is 0 Å². The van der Waals surface area contributed by atoms with E-state index in [1.54, 1.807) is 0 Å². The average Bonchev–Trinajstić information content (AvgIpc) is 3.14. The normalized spacial score (nSPS) is 29.1. The Labute approximate surface area is 166 Å². The van der Waals surface area contributed by atoms with Gasteiger partial charge in [-0.15, -0.1) is 0 Å². The van der Waals surface area contributed by atoms with E-state index in [1.807, 2.05) is 18.2 Å². The average molecular weight is 382 g/mol. The Morgan fingerprint density at radius 3 is 2.57 bits per heavy atom. The van der Waals surface area contributed by atoms with Crippen LogP contribution in [0.2, 0.25) is 0 Å². The standard InChI is InChI=1S/C23H31N3O2/c1-26-17-9-5-10-18(26)14-16(13-17)24-22(27)19-11-6-12-20-21(19)25-23(28-20)15-7-3-2-4-8-15/h6,11-12,15-18H,2-5,7-10,13-14H2,1H3,(H,24,27). The van der Waals surface area contributed by atoms with Crippen molar-refractivity contribution >= 4 is 17.0 Å². The Bertz CT molecular complexity index is 841. The molecule has 150 valence electrons. The molecule has 2 atom stereocenters. The number of fused-ring (bicyclic) bond motifs is 3. The number of piperidine rings is 2. The molecule has 2 unspecified atom stereocenters. The summed E-state index contributed by atoms with van der Waals surface area (Å²) < 4.78 is 6.07. The number of carbonyl (C=O) groups excluding carboxylic acids is 1. The van der Waals surface area contributed by atoms with E-state index in [-0.39, 0.29) is 11.9 Å². The molecule has 2 aromatic rings. The molecule has 5 nitrogen and oxygen atoms in total. The predicted octanol–water partition coefficient (Wildman–Crippen LogP) is 4.62. The van der Waals surface area contributed by atoms with E-state index >= 15 is 0 Å². The lowest BCUT2D eigenvalue weighted by Gasteiger charge is -2.47. The van der Waals surface area contributed by atoms with E-state index in [9.17, 15) is 4.79 Å². The van der Waals surface area contributed by atoms with E-state index in [1.165, 1.54) is 38.5 Å². The van der Waals surface area contributed by atoms with Gasteiger partial charge in [0.15, 0.2) is 11.5 Å². The van der Waals surface area contributed by atoms with Crippen LogP contribution in [0.25, 0.3) is 11.1 Å². The van der Waals surface area contributed by atoms with Gasteiger partial charge in [-0.25, -0.2) is 4.98 Å². The largest absolute Gasteiger partial charge is 0.440 e. The molecule has 1 saturated carbocycles. The van der Waals surface area contributed by atoms with Gasteiger partial charge >= 0.3 is 0 Å². The van der Waals surface area contributed by atoms with Gasteiger partial charge in [-0.1, -0.05) is 31.7 Å². The molecule has 1 amide bonds. The molecular formula is C23H31N3O2. The Morgan fingerprint density at radius 1 is 1.07 bits per heavy atom. The van der Waals surface area contributed by atoms with Crippen molar-refractivity contribution in [1.82, 2.24) is 15.2 Å². The third-order valence-corrected chi connectivity index (χ3v) is 7.31. The van der Waals surface area contributed by atoms with Crippen molar-refractivity contribution in [2.24, 2.45) is 0 Å². The molecule has 2 saturated heterocycles. The van der Waals surface area contributed by atoms with Gasteiger partial charge in [0.05, 0.1) is 5.56 Å². The summed E-state index contributed by atoms with van der Waals surface area (Å²) in [5.74, 6) is 1.23. The van der Waals surface area contributed by atoms with Crippen LogP contribution < -0.4 is 5.32 Å². The van der Waals surface area contributed by atoms with Gasteiger partial charge in [0.1, 0.15) is 5.52 Å². The lowest BCUT2D eigenvalue weighted by molar-refractivity contribution is 0.0463. The second-order valence-corrected chi connectivity index (χ2v) is 9.09. The fourth-order valence-corrected chi connectivity index (χ4v) is 5.67. The van der Waals surface area contributed by atoms with Crippen molar-refractivity contribution in [3.63, 3.8) is 0 Å². The van der Waals surface area contributed by atoms with Gasteiger partial charge in [0, 0.05) is 24.0 Å². The summed E-state index contributed by atoms with van der Waals surface area (Å²) >= 11 is 0. The van der Waals surface area contributed by atoms with Crippen molar-refractivity contribution < 1.29 is 9.21 Å². The minimum Gasteiger partial charge on any atom is -0.440 e. The van der Waals surface area contributed by atoms with Crippen LogP contribution in [0.4, 0.5) is 0 Å². The summed E-state index contributed by atoms with van der Waals surface area (Å²) in [4.78, 5) is 20.4. The fraction of sp³-hybridized carbons (Fsp3) is 0.652. The third-order valence-electron chi connectivity index (χ3n) is 7.31. The number of aromatic nitrogens is 1. The first-order chi connectivity index (χ1) is 13.7. The lowest BCUT2D eigenvalue weighted by atomic mass is 9.82. The molecule has 0 radical (unpaired) electrons. The summed E-state index contributed by atoms with van der Waals surface area (Å²) in [6.45, 7) is 0. The van der Waals surface area contributed by atoms with Gasteiger partial charge < -0.3 is 14.6 Å². The van der Waals surface area contributed by atoms with Crippen LogP contribution in [-0.2, 0) is 0 Å². The van der Waals surface area contributed by atoms with Crippen LogP contribution in [0.3, 0.4) is 0 Å². The molecule has 2 aliphatic heterocycles.